The van der Waals surface area contributed by atoms with Gasteiger partial charge in [0.1, 0.15) is 17.1 Å². The highest BCUT2D eigenvalue weighted by Crippen LogP contribution is 2.21. The maximum atomic E-state index is 12.5. The summed E-state index contributed by atoms with van der Waals surface area (Å²) in [5.41, 5.74) is -0.406. The van der Waals surface area contributed by atoms with E-state index < -0.39 is 39.2 Å². The molecule has 0 aliphatic heterocycles. The van der Waals surface area contributed by atoms with Crippen LogP contribution >= 0.6 is 0 Å². The molecule has 0 saturated heterocycles. The Morgan fingerprint density at radius 2 is 2.00 bits per heavy atom. The summed E-state index contributed by atoms with van der Waals surface area (Å²) in [6.07, 6.45) is -3.89. The van der Waals surface area contributed by atoms with Crippen LogP contribution in [-0.2, 0) is 16.6 Å². The van der Waals surface area contributed by atoms with E-state index in [1.807, 2.05) is 13.8 Å². The van der Waals surface area contributed by atoms with Crippen molar-refractivity contribution in [2.75, 3.05) is 6.54 Å². The topological polar surface area (TPSA) is 94.2 Å². The van der Waals surface area contributed by atoms with Crippen molar-refractivity contribution in [3.05, 3.63) is 18.0 Å². The molecule has 0 atom stereocenters. The molecule has 0 aliphatic rings. The molecule has 0 fully saturated rings. The number of sulfonamides is 1. The summed E-state index contributed by atoms with van der Waals surface area (Å²) < 4.78 is 60.3. The number of nitrogens with one attached hydrogen (secondary N) is 1. The van der Waals surface area contributed by atoms with Gasteiger partial charge in [-0.3, -0.25) is 4.79 Å². The number of nitrogens with two attached hydrogens (primary N) is 1. The summed E-state index contributed by atoms with van der Waals surface area (Å²) in [5.74, 6) is -0.694. The maximum absolute atomic E-state index is 12.5. The Morgan fingerprint density at radius 1 is 1.43 bits per heavy atom. The van der Waals surface area contributed by atoms with E-state index in [2.05, 4.69) is 5.32 Å². The third-order valence-electron chi connectivity index (χ3n) is 2.45. The lowest BCUT2D eigenvalue weighted by atomic mass is 10.2. The van der Waals surface area contributed by atoms with Gasteiger partial charge in [-0.15, -0.1) is 0 Å². The molecule has 0 radical (unpaired) electrons. The van der Waals surface area contributed by atoms with E-state index in [4.69, 9.17) is 5.14 Å². The highest BCUT2D eigenvalue weighted by atomic mass is 32.2. The van der Waals surface area contributed by atoms with Gasteiger partial charge in [0.2, 0.25) is 10.0 Å². The molecular formula is C11H16F3N3O3S. The van der Waals surface area contributed by atoms with Gasteiger partial charge in [-0.2, -0.15) is 13.2 Å². The number of amides is 1. The van der Waals surface area contributed by atoms with Crippen molar-refractivity contribution < 1.29 is 26.4 Å². The first-order valence-electron chi connectivity index (χ1n) is 5.98. The number of aromatic nitrogens is 1. The smallest absolute Gasteiger partial charge is 0.351 e. The average Bonchev–Trinajstić information content (AvgIpc) is 2.66. The number of carbonyl (C=O) groups is 1. The summed E-state index contributed by atoms with van der Waals surface area (Å²) in [6, 6.07) is 0.830. The Morgan fingerprint density at radius 3 is 2.43 bits per heavy atom. The van der Waals surface area contributed by atoms with Crippen LogP contribution in [0.1, 0.15) is 24.3 Å². The molecule has 1 amide bonds. The van der Waals surface area contributed by atoms with E-state index in [1.54, 1.807) is 0 Å². The molecule has 6 nitrogen and oxygen atoms in total. The monoisotopic (exact) mass is 327 g/mol. The first kappa shape index (κ1) is 17.5. The van der Waals surface area contributed by atoms with Crippen LogP contribution in [0.5, 0.6) is 0 Å². The van der Waals surface area contributed by atoms with E-state index in [1.165, 1.54) is 0 Å². The lowest BCUT2D eigenvalue weighted by Gasteiger charge is -2.12. The van der Waals surface area contributed by atoms with Crippen LogP contribution in [0, 0.1) is 5.92 Å². The fourth-order valence-corrected chi connectivity index (χ4v) is 2.09. The summed E-state index contributed by atoms with van der Waals surface area (Å²) in [4.78, 5) is 11.3. The zero-order chi connectivity index (χ0) is 16.4. The predicted octanol–water partition coefficient (Wildman–Crippen LogP) is 1.08. The molecule has 0 aliphatic carbocycles. The third kappa shape index (κ3) is 5.38. The van der Waals surface area contributed by atoms with E-state index in [-0.39, 0.29) is 12.5 Å². The van der Waals surface area contributed by atoms with E-state index in [0.29, 0.717) is 10.8 Å². The van der Waals surface area contributed by atoms with E-state index in [9.17, 15) is 26.4 Å². The van der Waals surface area contributed by atoms with Crippen molar-refractivity contribution in [2.24, 2.45) is 11.1 Å². The second kappa shape index (κ2) is 6.06. The average molecular weight is 327 g/mol. The molecule has 21 heavy (non-hydrogen) atoms. The van der Waals surface area contributed by atoms with Crippen LogP contribution in [-0.4, -0.2) is 31.6 Å². The van der Waals surface area contributed by atoms with Crippen LogP contribution in [0.3, 0.4) is 0 Å². The van der Waals surface area contributed by atoms with Gasteiger partial charge in [0.25, 0.3) is 5.91 Å². The van der Waals surface area contributed by atoms with E-state index >= 15 is 0 Å². The zero-order valence-corrected chi connectivity index (χ0v) is 12.3. The van der Waals surface area contributed by atoms with Gasteiger partial charge in [0.15, 0.2) is 0 Å². The zero-order valence-electron chi connectivity index (χ0n) is 11.4. The normalized spacial score (nSPS) is 12.7. The van der Waals surface area contributed by atoms with Crippen molar-refractivity contribution in [2.45, 2.75) is 31.5 Å². The Balaban J connectivity index is 3.15. The third-order valence-corrected chi connectivity index (χ3v) is 3.33. The number of halogens is 3. The first-order chi connectivity index (χ1) is 9.40. The van der Waals surface area contributed by atoms with Gasteiger partial charge in [-0.1, -0.05) is 13.8 Å². The van der Waals surface area contributed by atoms with Gasteiger partial charge >= 0.3 is 6.18 Å². The molecular weight excluding hydrogens is 311 g/mol. The van der Waals surface area contributed by atoms with Gasteiger partial charge in [-0.05, 0) is 12.0 Å². The second-order valence-electron chi connectivity index (χ2n) is 4.95. The highest BCUT2D eigenvalue weighted by Gasteiger charge is 2.31. The molecule has 1 aromatic heterocycles. The molecule has 0 spiro atoms. The largest absolute Gasteiger partial charge is 0.406 e. The molecule has 10 heteroatoms. The SMILES string of the molecule is CC(C)CNC(=O)c1cc(S(N)(=O)=O)cn1CC(F)(F)F. The molecule has 0 saturated carbocycles. The van der Waals surface area contributed by atoms with Crippen LogP contribution in [0.15, 0.2) is 17.2 Å². The number of carbonyl (C=O) groups excluding carboxylic acids is 1. The van der Waals surface area contributed by atoms with Crippen LogP contribution in [0.4, 0.5) is 13.2 Å². The minimum atomic E-state index is -4.60. The highest BCUT2D eigenvalue weighted by molar-refractivity contribution is 7.89. The Kier molecular flexibility index (Phi) is 5.05. The minimum absolute atomic E-state index is 0.0951. The predicted molar refractivity (Wildman–Crippen MR) is 69.0 cm³/mol. The van der Waals surface area contributed by atoms with Gasteiger partial charge < -0.3 is 9.88 Å². The van der Waals surface area contributed by atoms with Gasteiger partial charge in [-0.25, -0.2) is 13.6 Å². The standard InChI is InChI=1S/C11H16F3N3O3S/c1-7(2)4-16-10(18)9-3-8(21(15,19)20)5-17(9)6-11(12,13)14/h3,5,7H,4,6H2,1-2H3,(H,16,18)(H2,15,19,20). The number of primary sulfonamides is 1. The number of rotatable bonds is 5. The Labute approximate surface area is 120 Å². The maximum Gasteiger partial charge on any atom is 0.406 e. The fourth-order valence-electron chi connectivity index (χ4n) is 1.54. The molecule has 0 bridgehead atoms. The fraction of sp³-hybridized carbons (Fsp3) is 0.545. The molecule has 3 N–H and O–H groups in total. The van der Waals surface area contributed by atoms with Crippen molar-refractivity contribution in [1.29, 1.82) is 0 Å². The van der Waals surface area contributed by atoms with Crippen LogP contribution in [0.25, 0.3) is 0 Å². The van der Waals surface area contributed by atoms with Crippen molar-refractivity contribution in [3.8, 4) is 0 Å². The minimum Gasteiger partial charge on any atom is -0.351 e. The Hall–Kier alpha value is -1.55. The van der Waals surface area contributed by atoms with Crippen LogP contribution in [0.2, 0.25) is 0 Å². The number of alkyl halides is 3. The molecule has 0 aromatic carbocycles. The van der Waals surface area contributed by atoms with Crippen molar-refractivity contribution in [3.63, 3.8) is 0 Å². The summed E-state index contributed by atoms with van der Waals surface area (Å²) in [6.45, 7) is 2.39. The summed E-state index contributed by atoms with van der Waals surface area (Å²) >= 11 is 0. The number of nitrogens with zero attached hydrogens (tertiary/aromatic N) is 1. The van der Waals surface area contributed by atoms with Crippen LogP contribution < -0.4 is 10.5 Å². The number of hydrogen-bond donors (Lipinski definition) is 2. The Bertz CT molecular complexity index is 620. The lowest BCUT2D eigenvalue weighted by Crippen LogP contribution is -2.30. The lowest BCUT2D eigenvalue weighted by molar-refractivity contribution is -0.140. The van der Waals surface area contributed by atoms with Gasteiger partial charge in [0.05, 0.1) is 0 Å². The summed E-state index contributed by atoms with van der Waals surface area (Å²) in [7, 11) is -4.19. The van der Waals surface area contributed by atoms with Gasteiger partial charge in [0, 0.05) is 12.7 Å². The summed E-state index contributed by atoms with van der Waals surface area (Å²) in [5, 5.41) is 7.30. The van der Waals surface area contributed by atoms with E-state index in [0.717, 1.165) is 6.07 Å². The molecule has 1 rings (SSSR count). The second-order valence-corrected chi connectivity index (χ2v) is 6.51. The first-order valence-corrected chi connectivity index (χ1v) is 7.52. The van der Waals surface area contributed by atoms with Crippen molar-refractivity contribution >= 4 is 15.9 Å². The number of hydrogen-bond acceptors (Lipinski definition) is 3. The molecule has 1 heterocycles. The molecule has 0 unspecified atom stereocenters. The quantitative estimate of drug-likeness (QED) is 0.847. The van der Waals surface area contributed by atoms with Crippen molar-refractivity contribution in [1.82, 2.24) is 9.88 Å². The molecule has 1 aromatic rings. The molecule has 120 valence electrons.